The van der Waals surface area contributed by atoms with E-state index in [9.17, 15) is 14.4 Å². The smallest absolute Gasteiger partial charge is 0.370 e. The van der Waals surface area contributed by atoms with E-state index in [-0.39, 0.29) is 19.4 Å². The topological polar surface area (TPSA) is 49.4 Å². The maximum atomic E-state index is 12.5. The van der Waals surface area contributed by atoms with Crippen LogP contribution in [-0.2, 0) is 9.63 Å². The molecule has 0 aromatic carbocycles. The summed E-state index contributed by atoms with van der Waals surface area (Å²) >= 11 is 0. The van der Waals surface area contributed by atoms with Crippen LogP contribution in [0, 0.1) is 5.21 Å². The largest absolute Gasteiger partial charge is 0.587 e. The fraction of sp³-hybridized carbons (Fsp3) is 0.571. The van der Waals surface area contributed by atoms with E-state index in [1.54, 1.807) is 0 Å². The molecule has 0 bridgehead atoms. The summed E-state index contributed by atoms with van der Waals surface area (Å²) in [6.45, 7) is 3.29. The van der Waals surface area contributed by atoms with Gasteiger partial charge in [-0.3, -0.25) is 4.84 Å². The number of hydrogen-bond donors (Lipinski definition) is 0. The highest BCUT2D eigenvalue weighted by molar-refractivity contribution is 5.70. The van der Waals surface area contributed by atoms with Crippen molar-refractivity contribution >= 4 is 5.97 Å². The Morgan fingerprint density at radius 2 is 2.58 bits per heavy atom. The van der Waals surface area contributed by atoms with Crippen molar-refractivity contribution in [2.24, 2.45) is 0 Å². The SMILES string of the molecule is C=CCC(=O)O[N+]1([O-])CCC1F. The Bertz CT molecular complexity index is 209. The van der Waals surface area contributed by atoms with E-state index in [0.29, 0.717) is 0 Å². The zero-order valence-corrected chi connectivity index (χ0v) is 6.53. The third kappa shape index (κ3) is 1.62. The first kappa shape index (κ1) is 9.15. The van der Waals surface area contributed by atoms with Gasteiger partial charge in [0.05, 0.1) is 12.8 Å². The van der Waals surface area contributed by atoms with Gasteiger partial charge in [0.15, 0.2) is 0 Å². The van der Waals surface area contributed by atoms with Gasteiger partial charge >= 0.3 is 5.97 Å². The van der Waals surface area contributed by atoms with Gasteiger partial charge in [0.25, 0.3) is 6.30 Å². The van der Waals surface area contributed by atoms with Gasteiger partial charge in [-0.25, -0.2) is 4.79 Å². The van der Waals surface area contributed by atoms with Crippen LogP contribution in [0.1, 0.15) is 12.8 Å². The van der Waals surface area contributed by atoms with Crippen LogP contribution in [0.5, 0.6) is 0 Å². The van der Waals surface area contributed by atoms with Crippen LogP contribution < -0.4 is 0 Å². The molecule has 1 aliphatic rings. The Kier molecular flexibility index (Phi) is 2.44. The summed E-state index contributed by atoms with van der Waals surface area (Å²) in [4.78, 5) is 13.6. The third-order valence-corrected chi connectivity index (χ3v) is 1.67. The average Bonchev–Trinajstić information content (AvgIpc) is 2.02. The molecule has 0 aliphatic carbocycles. The highest BCUT2D eigenvalue weighted by Crippen LogP contribution is 2.28. The molecule has 12 heavy (non-hydrogen) atoms. The van der Waals surface area contributed by atoms with Gasteiger partial charge in [-0.2, -0.15) is 4.39 Å². The van der Waals surface area contributed by atoms with Crippen molar-refractivity contribution in [3.05, 3.63) is 17.9 Å². The summed E-state index contributed by atoms with van der Waals surface area (Å²) in [5.74, 6) is -0.734. The molecule has 1 fully saturated rings. The first-order valence-electron chi connectivity index (χ1n) is 3.64. The van der Waals surface area contributed by atoms with Crippen molar-refractivity contribution in [1.29, 1.82) is 0 Å². The minimum absolute atomic E-state index is 0.00402. The van der Waals surface area contributed by atoms with E-state index < -0.39 is 17.1 Å². The molecule has 1 saturated heterocycles. The van der Waals surface area contributed by atoms with Crippen LogP contribution in [0.15, 0.2) is 12.7 Å². The average molecular weight is 175 g/mol. The Labute approximate surface area is 69.3 Å². The van der Waals surface area contributed by atoms with Crippen LogP contribution in [0.25, 0.3) is 0 Å². The normalized spacial score (nSPS) is 33.7. The highest BCUT2D eigenvalue weighted by Gasteiger charge is 2.44. The molecule has 1 rings (SSSR count). The number of rotatable bonds is 3. The highest BCUT2D eigenvalue weighted by atomic mass is 19.1. The molecular formula is C7H10FNO3. The van der Waals surface area contributed by atoms with E-state index in [4.69, 9.17) is 0 Å². The van der Waals surface area contributed by atoms with Gasteiger partial charge in [0.1, 0.15) is 6.54 Å². The maximum absolute atomic E-state index is 12.5. The molecule has 68 valence electrons. The fourth-order valence-electron chi connectivity index (χ4n) is 0.868. The second kappa shape index (κ2) is 3.20. The monoisotopic (exact) mass is 175 g/mol. The van der Waals surface area contributed by atoms with E-state index in [1.807, 2.05) is 0 Å². The molecule has 0 saturated carbocycles. The van der Waals surface area contributed by atoms with Gasteiger partial charge in [-0.1, -0.05) is 6.08 Å². The van der Waals surface area contributed by atoms with Crippen LogP contribution in [-0.4, -0.2) is 23.6 Å². The van der Waals surface area contributed by atoms with Gasteiger partial charge < -0.3 is 5.21 Å². The summed E-state index contributed by atoms with van der Waals surface area (Å²) in [5.41, 5.74) is 0. The van der Waals surface area contributed by atoms with Gasteiger partial charge in [-0.05, 0) is 0 Å². The first-order chi connectivity index (χ1) is 5.58. The quantitative estimate of drug-likeness (QED) is 0.278. The van der Waals surface area contributed by atoms with Crippen molar-refractivity contribution in [3.8, 4) is 0 Å². The molecule has 5 heteroatoms. The van der Waals surface area contributed by atoms with E-state index >= 15 is 0 Å². The van der Waals surface area contributed by atoms with Crippen LogP contribution >= 0.6 is 0 Å². The van der Waals surface area contributed by atoms with Crippen molar-refractivity contribution in [1.82, 2.24) is 0 Å². The molecule has 2 atom stereocenters. The van der Waals surface area contributed by atoms with Crippen LogP contribution in [0.2, 0.25) is 0 Å². The molecule has 0 amide bonds. The number of halogens is 1. The lowest BCUT2D eigenvalue weighted by Crippen LogP contribution is -2.59. The standard InChI is InChI=1S/C7H10FNO3/c1-2-3-7(10)12-9(11)5-4-6(9)8/h2,6H,1,3-5H2. The Morgan fingerprint density at radius 1 is 1.92 bits per heavy atom. The lowest BCUT2D eigenvalue weighted by molar-refractivity contribution is -1.11. The Balaban J connectivity index is 2.39. The molecule has 1 aliphatic heterocycles. The number of hydrogen-bond acceptors (Lipinski definition) is 3. The second-order valence-electron chi connectivity index (χ2n) is 2.63. The minimum atomic E-state index is -1.61. The summed E-state index contributed by atoms with van der Waals surface area (Å²) < 4.78 is 12.5. The molecule has 0 N–H and O–H groups in total. The van der Waals surface area contributed by atoms with E-state index in [1.165, 1.54) is 6.08 Å². The van der Waals surface area contributed by atoms with Gasteiger partial charge in [-0.15, -0.1) is 11.4 Å². The molecule has 0 aromatic rings. The van der Waals surface area contributed by atoms with Gasteiger partial charge in [0.2, 0.25) is 0 Å². The summed E-state index contributed by atoms with van der Waals surface area (Å²) in [5, 5.41) is 11.1. The second-order valence-corrected chi connectivity index (χ2v) is 2.63. The van der Waals surface area contributed by atoms with Crippen LogP contribution in [0.3, 0.4) is 0 Å². The van der Waals surface area contributed by atoms with Crippen molar-refractivity contribution in [2.75, 3.05) is 6.54 Å². The number of nitrogens with zero attached hydrogens (tertiary/aromatic N) is 1. The Hall–Kier alpha value is -0.940. The lowest BCUT2D eigenvalue weighted by atomic mass is 10.2. The first-order valence-corrected chi connectivity index (χ1v) is 3.64. The maximum Gasteiger partial charge on any atom is 0.370 e. The van der Waals surface area contributed by atoms with E-state index in [0.717, 1.165) is 0 Å². The summed E-state index contributed by atoms with van der Waals surface area (Å²) in [7, 11) is 0. The van der Waals surface area contributed by atoms with Crippen molar-refractivity contribution in [3.63, 3.8) is 0 Å². The molecule has 2 unspecified atom stereocenters. The number of hydroxylamine groups is 4. The fourth-order valence-corrected chi connectivity index (χ4v) is 0.868. The zero-order valence-electron chi connectivity index (χ0n) is 6.53. The summed E-state index contributed by atoms with van der Waals surface area (Å²) in [6, 6.07) is 0. The van der Waals surface area contributed by atoms with E-state index in [2.05, 4.69) is 11.4 Å². The van der Waals surface area contributed by atoms with Crippen LogP contribution in [0.4, 0.5) is 4.39 Å². The minimum Gasteiger partial charge on any atom is -0.587 e. The lowest BCUT2D eigenvalue weighted by Gasteiger charge is -2.46. The summed E-state index contributed by atoms with van der Waals surface area (Å²) in [6.07, 6.45) is -0.208. The number of alkyl halides is 1. The predicted molar refractivity (Wildman–Crippen MR) is 38.9 cm³/mol. The van der Waals surface area contributed by atoms with Gasteiger partial charge in [0, 0.05) is 0 Å². The molecule has 1 heterocycles. The molecular weight excluding hydrogens is 165 g/mol. The molecule has 0 radical (unpaired) electrons. The Morgan fingerprint density at radius 3 is 2.92 bits per heavy atom. The number of carbonyl (C=O) groups excluding carboxylic acids is 1. The zero-order chi connectivity index (χ0) is 9.19. The number of quaternary nitrogens is 1. The molecule has 4 nitrogen and oxygen atoms in total. The predicted octanol–water partition coefficient (Wildman–Crippen LogP) is 1.03. The molecule has 0 spiro atoms. The van der Waals surface area contributed by atoms with Crippen molar-refractivity contribution in [2.45, 2.75) is 19.1 Å². The van der Waals surface area contributed by atoms with Crippen molar-refractivity contribution < 1.29 is 18.8 Å². The number of carbonyl (C=O) groups is 1. The molecule has 0 aromatic heterocycles. The third-order valence-electron chi connectivity index (χ3n) is 1.67.